The van der Waals surface area contributed by atoms with Gasteiger partial charge in [0.15, 0.2) is 0 Å². The van der Waals surface area contributed by atoms with Gasteiger partial charge in [0.1, 0.15) is 12.3 Å². The molecular formula is C28H33N3O6S2. The molecule has 0 spiro atoms. The van der Waals surface area contributed by atoms with E-state index in [0.29, 0.717) is 31.1 Å². The minimum atomic E-state index is -4.12. The van der Waals surface area contributed by atoms with Gasteiger partial charge < -0.3 is 10.1 Å². The summed E-state index contributed by atoms with van der Waals surface area (Å²) in [6.07, 6.45) is 3.70. The van der Waals surface area contributed by atoms with Gasteiger partial charge in [-0.2, -0.15) is 4.31 Å². The highest BCUT2D eigenvalue weighted by Crippen LogP contribution is 2.32. The van der Waals surface area contributed by atoms with Crippen molar-refractivity contribution in [3.8, 4) is 5.75 Å². The Hall–Kier alpha value is -3.41. The Morgan fingerprint density at radius 3 is 2.08 bits per heavy atom. The summed E-state index contributed by atoms with van der Waals surface area (Å²) in [5, 5.41) is 2.69. The predicted molar refractivity (Wildman–Crippen MR) is 151 cm³/mol. The van der Waals surface area contributed by atoms with Crippen molar-refractivity contribution in [1.82, 2.24) is 4.31 Å². The van der Waals surface area contributed by atoms with Crippen LogP contribution in [0.15, 0.2) is 88.7 Å². The van der Waals surface area contributed by atoms with Crippen molar-refractivity contribution < 1.29 is 26.4 Å². The second-order valence-electron chi connectivity index (χ2n) is 9.12. The number of para-hydroxylation sites is 2. The molecule has 0 aromatic heterocycles. The Morgan fingerprint density at radius 2 is 1.44 bits per heavy atom. The quantitative estimate of drug-likeness (QED) is 0.384. The zero-order valence-electron chi connectivity index (χ0n) is 21.8. The van der Waals surface area contributed by atoms with Crippen LogP contribution < -0.4 is 14.4 Å². The molecular weight excluding hydrogens is 538 g/mol. The lowest BCUT2D eigenvalue weighted by molar-refractivity contribution is -0.114. The molecule has 0 aliphatic carbocycles. The topological polar surface area (TPSA) is 113 Å². The minimum absolute atomic E-state index is 0.0344. The Morgan fingerprint density at radius 1 is 0.821 bits per heavy atom. The van der Waals surface area contributed by atoms with Gasteiger partial charge in [-0.15, -0.1) is 0 Å². The summed E-state index contributed by atoms with van der Waals surface area (Å²) in [5.74, 6) is -0.265. The molecule has 9 nitrogen and oxygen atoms in total. The summed E-state index contributed by atoms with van der Waals surface area (Å²) in [6, 6.07) is 20.4. The molecule has 3 aromatic rings. The van der Waals surface area contributed by atoms with Gasteiger partial charge in [-0.25, -0.2) is 16.8 Å². The predicted octanol–water partition coefficient (Wildman–Crippen LogP) is 4.48. The average Bonchev–Trinajstić information content (AvgIpc) is 3.24. The largest absolute Gasteiger partial charge is 0.492 e. The lowest BCUT2D eigenvalue weighted by atomic mass is 10.2. The molecule has 0 bridgehead atoms. The average molecular weight is 572 g/mol. The summed E-state index contributed by atoms with van der Waals surface area (Å²) >= 11 is 0. The maximum absolute atomic E-state index is 13.6. The lowest BCUT2D eigenvalue weighted by Crippen LogP contribution is -2.38. The number of ether oxygens (including phenoxy) is 1. The fraction of sp³-hybridized carbons (Fsp3) is 0.321. The monoisotopic (exact) mass is 571 g/mol. The summed E-state index contributed by atoms with van der Waals surface area (Å²) in [5.41, 5.74) is 0.585. The Balaban J connectivity index is 1.56. The molecule has 4 rings (SSSR count). The normalized spacial score (nSPS) is 14.8. The van der Waals surface area contributed by atoms with E-state index < -0.39 is 32.5 Å². The fourth-order valence-corrected chi connectivity index (χ4v) is 7.40. The van der Waals surface area contributed by atoms with Crippen LogP contribution in [0, 0.1) is 0 Å². The van der Waals surface area contributed by atoms with Gasteiger partial charge in [-0.3, -0.25) is 9.10 Å². The standard InChI is InChI=1S/C28H33N3O6S2/c1-2-37-27-15-9-8-14-26(27)31(39(35,36)24-12-6-5-7-13-24)22-28(32)29-23-16-18-25(19-17-23)38(33,34)30-20-10-3-4-11-21-30/h5-9,12-19H,2-4,10-11,20-22H2,1H3,(H,29,32). The van der Waals surface area contributed by atoms with Crippen molar-refractivity contribution >= 4 is 37.3 Å². The molecule has 1 fully saturated rings. The minimum Gasteiger partial charge on any atom is -0.492 e. The van der Waals surface area contributed by atoms with Crippen molar-refractivity contribution in [2.45, 2.75) is 42.4 Å². The van der Waals surface area contributed by atoms with E-state index in [4.69, 9.17) is 4.74 Å². The number of carbonyl (C=O) groups is 1. The maximum Gasteiger partial charge on any atom is 0.264 e. The van der Waals surface area contributed by atoms with Crippen LogP contribution in [0.5, 0.6) is 5.75 Å². The summed E-state index contributed by atoms with van der Waals surface area (Å²) in [4.78, 5) is 13.3. The Labute approximate surface area is 230 Å². The van der Waals surface area contributed by atoms with Gasteiger partial charge in [-0.1, -0.05) is 43.2 Å². The van der Waals surface area contributed by atoms with Crippen molar-refractivity contribution in [2.24, 2.45) is 0 Å². The van der Waals surface area contributed by atoms with E-state index in [1.54, 1.807) is 49.4 Å². The van der Waals surface area contributed by atoms with Gasteiger partial charge in [0, 0.05) is 18.8 Å². The number of nitrogens with one attached hydrogen (secondary N) is 1. The summed E-state index contributed by atoms with van der Waals surface area (Å²) in [6.45, 7) is 2.58. The number of rotatable bonds is 10. The third kappa shape index (κ3) is 6.78. The molecule has 1 saturated heterocycles. The van der Waals surface area contributed by atoms with Crippen LogP contribution >= 0.6 is 0 Å². The number of carbonyl (C=O) groups excluding carboxylic acids is 1. The first kappa shape index (κ1) is 28.6. The molecule has 1 amide bonds. The Kier molecular flexibility index (Phi) is 9.26. The van der Waals surface area contributed by atoms with Gasteiger partial charge in [0.05, 0.1) is 22.1 Å². The number of hydrogen-bond acceptors (Lipinski definition) is 6. The van der Waals surface area contributed by atoms with Gasteiger partial charge in [0.2, 0.25) is 15.9 Å². The van der Waals surface area contributed by atoms with Crippen LogP contribution in [0.4, 0.5) is 11.4 Å². The Bertz CT molecular complexity index is 1470. The second kappa shape index (κ2) is 12.6. The molecule has 1 aliphatic rings. The van der Waals surface area contributed by atoms with Crippen LogP contribution in [-0.2, 0) is 24.8 Å². The van der Waals surface area contributed by atoms with E-state index in [9.17, 15) is 21.6 Å². The van der Waals surface area contributed by atoms with Crippen LogP contribution in [0.25, 0.3) is 0 Å². The SMILES string of the molecule is CCOc1ccccc1N(CC(=O)Nc1ccc(S(=O)(=O)N2CCCCCC2)cc1)S(=O)(=O)c1ccccc1. The van der Waals surface area contributed by atoms with E-state index in [2.05, 4.69) is 5.32 Å². The molecule has 3 aromatic carbocycles. The number of amides is 1. The van der Waals surface area contributed by atoms with Crippen LogP contribution in [0.2, 0.25) is 0 Å². The van der Waals surface area contributed by atoms with Crippen molar-refractivity contribution in [1.29, 1.82) is 0 Å². The number of sulfonamides is 2. The number of hydrogen-bond donors (Lipinski definition) is 1. The van der Waals surface area contributed by atoms with E-state index in [-0.39, 0.29) is 15.5 Å². The molecule has 0 saturated carbocycles. The molecule has 11 heteroatoms. The lowest BCUT2D eigenvalue weighted by Gasteiger charge is -2.26. The number of anilines is 2. The zero-order chi connectivity index (χ0) is 27.9. The molecule has 208 valence electrons. The second-order valence-corrected chi connectivity index (χ2v) is 12.9. The third-order valence-electron chi connectivity index (χ3n) is 6.39. The van der Waals surface area contributed by atoms with E-state index >= 15 is 0 Å². The number of benzene rings is 3. The zero-order valence-corrected chi connectivity index (χ0v) is 23.5. The van der Waals surface area contributed by atoms with E-state index in [1.807, 2.05) is 0 Å². The molecule has 1 heterocycles. The molecule has 1 aliphatic heterocycles. The van der Waals surface area contributed by atoms with Crippen LogP contribution in [0.1, 0.15) is 32.6 Å². The highest BCUT2D eigenvalue weighted by atomic mass is 32.2. The first-order valence-corrected chi connectivity index (χ1v) is 15.8. The van der Waals surface area contributed by atoms with Gasteiger partial charge >= 0.3 is 0 Å². The highest BCUT2D eigenvalue weighted by Gasteiger charge is 2.30. The van der Waals surface area contributed by atoms with Crippen molar-refractivity contribution in [3.05, 3.63) is 78.9 Å². The third-order valence-corrected chi connectivity index (χ3v) is 10.1. The van der Waals surface area contributed by atoms with Crippen LogP contribution in [0.3, 0.4) is 0 Å². The first-order chi connectivity index (χ1) is 18.7. The van der Waals surface area contributed by atoms with E-state index in [1.165, 1.54) is 40.7 Å². The molecule has 1 N–H and O–H groups in total. The highest BCUT2D eigenvalue weighted by molar-refractivity contribution is 7.93. The maximum atomic E-state index is 13.6. The van der Waals surface area contributed by atoms with Gasteiger partial charge in [-0.05, 0) is 68.3 Å². The molecule has 0 atom stereocenters. The van der Waals surface area contributed by atoms with Crippen molar-refractivity contribution in [2.75, 3.05) is 35.9 Å². The van der Waals surface area contributed by atoms with Crippen molar-refractivity contribution in [3.63, 3.8) is 0 Å². The van der Waals surface area contributed by atoms with Gasteiger partial charge in [0.25, 0.3) is 10.0 Å². The molecule has 39 heavy (non-hydrogen) atoms. The molecule has 0 unspecified atom stereocenters. The summed E-state index contributed by atoms with van der Waals surface area (Å²) in [7, 11) is -7.74. The fourth-order valence-electron chi connectivity index (χ4n) is 4.43. The molecule has 0 radical (unpaired) electrons. The van der Waals surface area contributed by atoms with Crippen LogP contribution in [-0.4, -0.2) is 53.3 Å². The first-order valence-electron chi connectivity index (χ1n) is 12.9. The van der Waals surface area contributed by atoms with E-state index in [0.717, 1.165) is 30.0 Å². The number of nitrogens with zero attached hydrogens (tertiary/aromatic N) is 2. The smallest absolute Gasteiger partial charge is 0.264 e. The summed E-state index contributed by atoms with van der Waals surface area (Å²) < 4.78 is 61.5.